The molecule has 158 valence electrons. The van der Waals surface area contributed by atoms with Crippen molar-refractivity contribution in [3.63, 3.8) is 0 Å². The molecule has 0 radical (unpaired) electrons. The highest BCUT2D eigenvalue weighted by Crippen LogP contribution is 2.38. The molecule has 3 aromatic carbocycles. The molecule has 2 nitrogen and oxygen atoms in total. The third kappa shape index (κ3) is 5.07. The van der Waals surface area contributed by atoms with Gasteiger partial charge in [0.05, 0.1) is 11.3 Å². The van der Waals surface area contributed by atoms with Crippen molar-refractivity contribution in [1.29, 1.82) is 5.26 Å². The summed E-state index contributed by atoms with van der Waals surface area (Å²) < 4.78 is 0. The van der Waals surface area contributed by atoms with Gasteiger partial charge in [0.25, 0.3) is 0 Å². The highest BCUT2D eigenvalue weighted by molar-refractivity contribution is 7.98. The van der Waals surface area contributed by atoms with E-state index >= 15 is 0 Å². The van der Waals surface area contributed by atoms with Crippen LogP contribution >= 0.6 is 58.2 Å². The minimum atomic E-state index is 0.464. The first kappa shape index (κ1) is 23.0. The van der Waals surface area contributed by atoms with Crippen LogP contribution in [-0.2, 0) is 5.75 Å². The standard InChI is InChI=1S/C25H14Cl4N2S/c26-17-8-5-15(6-9-17)24-12-20(19-3-1-2-4-22(19)28)21(13-30)25(31-24)32-14-16-7-10-18(27)11-23(16)29/h1-12H,14H2. The molecule has 0 aliphatic carbocycles. The number of aromatic nitrogens is 1. The molecule has 7 heteroatoms. The van der Waals surface area contributed by atoms with Crippen LogP contribution in [0.15, 0.2) is 77.8 Å². The Bertz CT molecular complexity index is 1330. The van der Waals surface area contributed by atoms with Gasteiger partial charge >= 0.3 is 0 Å². The van der Waals surface area contributed by atoms with Crippen molar-refractivity contribution in [3.8, 4) is 28.5 Å². The molecule has 0 aliphatic heterocycles. The Morgan fingerprint density at radius 1 is 0.781 bits per heavy atom. The van der Waals surface area contributed by atoms with Gasteiger partial charge in [0, 0.05) is 42.5 Å². The van der Waals surface area contributed by atoms with Crippen LogP contribution in [0.5, 0.6) is 0 Å². The van der Waals surface area contributed by atoms with Crippen molar-refractivity contribution in [1.82, 2.24) is 4.98 Å². The van der Waals surface area contributed by atoms with Gasteiger partial charge in [-0.3, -0.25) is 0 Å². The number of pyridine rings is 1. The van der Waals surface area contributed by atoms with E-state index in [2.05, 4.69) is 6.07 Å². The van der Waals surface area contributed by atoms with Gasteiger partial charge in [0.15, 0.2) is 0 Å². The first-order valence-corrected chi connectivity index (χ1v) is 12.0. The van der Waals surface area contributed by atoms with Crippen LogP contribution in [0.4, 0.5) is 0 Å². The van der Waals surface area contributed by atoms with Crippen LogP contribution in [0.1, 0.15) is 11.1 Å². The van der Waals surface area contributed by atoms with Crippen molar-refractivity contribution in [2.75, 3.05) is 0 Å². The van der Waals surface area contributed by atoms with Crippen molar-refractivity contribution in [2.45, 2.75) is 10.8 Å². The molecule has 0 N–H and O–H groups in total. The summed E-state index contributed by atoms with van der Waals surface area (Å²) in [6, 6.07) is 24.5. The maximum atomic E-state index is 10.0. The van der Waals surface area contributed by atoms with Crippen molar-refractivity contribution >= 4 is 58.2 Å². The van der Waals surface area contributed by atoms with Gasteiger partial charge in [0.1, 0.15) is 11.1 Å². The zero-order valence-electron chi connectivity index (χ0n) is 16.4. The first-order chi connectivity index (χ1) is 15.5. The Labute approximate surface area is 210 Å². The summed E-state index contributed by atoms with van der Waals surface area (Å²) in [5, 5.41) is 13.0. The van der Waals surface area contributed by atoms with Gasteiger partial charge in [-0.2, -0.15) is 5.26 Å². The van der Waals surface area contributed by atoms with Crippen LogP contribution in [0, 0.1) is 11.3 Å². The molecule has 0 saturated carbocycles. The number of thioether (sulfide) groups is 1. The number of halogens is 4. The minimum absolute atomic E-state index is 0.464. The normalized spacial score (nSPS) is 10.7. The summed E-state index contributed by atoms with van der Waals surface area (Å²) >= 11 is 26.3. The van der Waals surface area contributed by atoms with Gasteiger partial charge < -0.3 is 0 Å². The first-order valence-electron chi connectivity index (χ1n) is 9.49. The van der Waals surface area contributed by atoms with E-state index in [0.717, 1.165) is 27.9 Å². The lowest BCUT2D eigenvalue weighted by molar-refractivity contribution is 1.12. The van der Waals surface area contributed by atoms with Gasteiger partial charge in [-0.05, 0) is 42.0 Å². The van der Waals surface area contributed by atoms with Crippen LogP contribution in [0.3, 0.4) is 0 Å². The fourth-order valence-electron chi connectivity index (χ4n) is 3.18. The van der Waals surface area contributed by atoms with E-state index in [9.17, 15) is 5.26 Å². The van der Waals surface area contributed by atoms with E-state index in [1.165, 1.54) is 11.8 Å². The maximum Gasteiger partial charge on any atom is 0.115 e. The van der Waals surface area contributed by atoms with E-state index in [1.807, 2.05) is 54.6 Å². The Kier molecular flexibility index (Phi) is 7.30. The molecule has 0 unspecified atom stereocenters. The van der Waals surface area contributed by atoms with Crippen LogP contribution in [-0.4, -0.2) is 4.98 Å². The van der Waals surface area contributed by atoms with Crippen LogP contribution in [0.25, 0.3) is 22.4 Å². The molecule has 0 bridgehead atoms. The van der Waals surface area contributed by atoms with E-state index in [-0.39, 0.29) is 0 Å². The van der Waals surface area contributed by atoms with Crippen LogP contribution < -0.4 is 0 Å². The van der Waals surface area contributed by atoms with Crippen molar-refractivity contribution in [3.05, 3.63) is 104 Å². The molecule has 0 fully saturated rings. The van der Waals surface area contributed by atoms with Gasteiger partial charge in [-0.25, -0.2) is 4.98 Å². The summed E-state index contributed by atoms with van der Waals surface area (Å²) in [5.74, 6) is 0.531. The lowest BCUT2D eigenvalue weighted by Crippen LogP contribution is -1.97. The largest absolute Gasteiger partial charge is 0.240 e. The second-order valence-corrected chi connectivity index (χ2v) is 9.51. The third-order valence-corrected chi connectivity index (χ3v) is 6.97. The average Bonchev–Trinajstić information content (AvgIpc) is 2.79. The van der Waals surface area contributed by atoms with E-state index in [0.29, 0.717) is 36.4 Å². The van der Waals surface area contributed by atoms with Gasteiger partial charge in [0.2, 0.25) is 0 Å². The Hall–Kier alpha value is -2.19. The summed E-state index contributed by atoms with van der Waals surface area (Å²) in [6.45, 7) is 0. The monoisotopic (exact) mass is 514 g/mol. The molecular weight excluding hydrogens is 502 g/mol. The molecule has 0 aliphatic rings. The molecular formula is C25H14Cl4N2S. The predicted molar refractivity (Wildman–Crippen MR) is 136 cm³/mol. The molecule has 4 aromatic rings. The minimum Gasteiger partial charge on any atom is -0.240 e. The van der Waals surface area contributed by atoms with E-state index in [4.69, 9.17) is 51.4 Å². The molecule has 0 atom stereocenters. The Morgan fingerprint density at radius 3 is 2.19 bits per heavy atom. The molecule has 32 heavy (non-hydrogen) atoms. The fraction of sp³-hybridized carbons (Fsp3) is 0.0400. The zero-order chi connectivity index (χ0) is 22.7. The number of nitriles is 1. The number of benzene rings is 3. The highest BCUT2D eigenvalue weighted by atomic mass is 35.5. The lowest BCUT2D eigenvalue weighted by atomic mass is 9.99. The number of hydrogen-bond donors (Lipinski definition) is 0. The SMILES string of the molecule is N#Cc1c(-c2ccccc2Cl)cc(-c2ccc(Cl)cc2)nc1SCc1ccc(Cl)cc1Cl. The molecule has 0 saturated heterocycles. The number of hydrogen-bond acceptors (Lipinski definition) is 3. The molecule has 4 rings (SSSR count). The average molecular weight is 516 g/mol. The summed E-state index contributed by atoms with van der Waals surface area (Å²) in [4.78, 5) is 4.81. The Morgan fingerprint density at radius 2 is 1.50 bits per heavy atom. The molecule has 1 heterocycles. The Balaban J connectivity index is 1.84. The summed E-state index contributed by atoms with van der Waals surface area (Å²) in [5.41, 5.74) is 4.48. The highest BCUT2D eigenvalue weighted by Gasteiger charge is 2.18. The second kappa shape index (κ2) is 10.2. The smallest absolute Gasteiger partial charge is 0.115 e. The molecule has 1 aromatic heterocycles. The van der Waals surface area contributed by atoms with E-state index in [1.54, 1.807) is 18.2 Å². The topological polar surface area (TPSA) is 36.7 Å². The zero-order valence-corrected chi connectivity index (χ0v) is 20.3. The second-order valence-electron chi connectivity index (χ2n) is 6.86. The maximum absolute atomic E-state index is 10.0. The number of nitrogens with zero attached hydrogens (tertiary/aromatic N) is 2. The summed E-state index contributed by atoms with van der Waals surface area (Å²) in [7, 11) is 0. The molecule has 0 spiro atoms. The van der Waals surface area contributed by atoms with Crippen molar-refractivity contribution in [2.24, 2.45) is 0 Å². The number of rotatable bonds is 5. The van der Waals surface area contributed by atoms with E-state index < -0.39 is 0 Å². The predicted octanol–water partition coefficient (Wildman–Crippen LogP) is 9.19. The lowest BCUT2D eigenvalue weighted by Gasteiger charge is -2.14. The van der Waals surface area contributed by atoms with Gasteiger partial charge in [-0.15, -0.1) is 11.8 Å². The third-order valence-electron chi connectivity index (χ3n) is 4.78. The summed E-state index contributed by atoms with van der Waals surface area (Å²) in [6.07, 6.45) is 0. The molecule has 0 amide bonds. The quantitative estimate of drug-likeness (QED) is 0.248. The fourth-order valence-corrected chi connectivity index (χ4v) is 5.10. The van der Waals surface area contributed by atoms with Gasteiger partial charge in [-0.1, -0.05) is 82.8 Å². The van der Waals surface area contributed by atoms with Crippen molar-refractivity contribution < 1.29 is 0 Å². The van der Waals surface area contributed by atoms with Crippen LogP contribution in [0.2, 0.25) is 20.1 Å².